The predicted octanol–water partition coefficient (Wildman–Crippen LogP) is 1.56. The van der Waals surface area contributed by atoms with Gasteiger partial charge in [-0.3, -0.25) is 14.7 Å². The van der Waals surface area contributed by atoms with Crippen molar-refractivity contribution in [3.63, 3.8) is 0 Å². The van der Waals surface area contributed by atoms with Gasteiger partial charge in [0.1, 0.15) is 6.10 Å². The molecule has 6 heteroatoms. The van der Waals surface area contributed by atoms with E-state index < -0.39 is 0 Å². The van der Waals surface area contributed by atoms with Crippen molar-refractivity contribution >= 4 is 5.91 Å². The molecular formula is C19H29N3O3. The van der Waals surface area contributed by atoms with Gasteiger partial charge in [-0.1, -0.05) is 6.07 Å². The number of carbonyl (C=O) groups excluding carboxylic acids is 1. The van der Waals surface area contributed by atoms with Crippen LogP contribution in [-0.2, 0) is 20.8 Å². The van der Waals surface area contributed by atoms with Crippen LogP contribution in [0.5, 0.6) is 0 Å². The van der Waals surface area contributed by atoms with Crippen LogP contribution in [0.3, 0.4) is 0 Å². The van der Waals surface area contributed by atoms with Gasteiger partial charge in [0.2, 0.25) is 0 Å². The maximum atomic E-state index is 12.7. The molecule has 0 spiro atoms. The maximum Gasteiger partial charge on any atom is 0.251 e. The third-order valence-corrected chi connectivity index (χ3v) is 5.17. The largest absolute Gasteiger partial charge is 0.380 e. The number of hydrogen-bond donors (Lipinski definition) is 0. The van der Waals surface area contributed by atoms with E-state index in [-0.39, 0.29) is 18.1 Å². The SMILES string of the molecule is CCOCCN1CC[C@@H]2C[C@@H](C(=O)N(C)Cc3ccccn3)O[C@@H]2C1. The summed E-state index contributed by atoms with van der Waals surface area (Å²) in [6, 6.07) is 5.76. The summed E-state index contributed by atoms with van der Waals surface area (Å²) in [7, 11) is 1.83. The average molecular weight is 347 g/mol. The number of aromatic nitrogens is 1. The van der Waals surface area contributed by atoms with Gasteiger partial charge in [-0.2, -0.15) is 0 Å². The fourth-order valence-corrected chi connectivity index (χ4v) is 3.75. The van der Waals surface area contributed by atoms with E-state index in [9.17, 15) is 4.79 Å². The molecule has 0 N–H and O–H groups in total. The minimum atomic E-state index is -0.310. The molecule has 1 aromatic rings. The first-order valence-corrected chi connectivity index (χ1v) is 9.27. The van der Waals surface area contributed by atoms with Crippen molar-refractivity contribution < 1.29 is 14.3 Å². The molecule has 3 heterocycles. The molecule has 6 nitrogen and oxygen atoms in total. The summed E-state index contributed by atoms with van der Waals surface area (Å²) >= 11 is 0. The van der Waals surface area contributed by atoms with Gasteiger partial charge >= 0.3 is 0 Å². The Bertz CT molecular complexity index is 554. The van der Waals surface area contributed by atoms with Crippen LogP contribution in [0.15, 0.2) is 24.4 Å². The van der Waals surface area contributed by atoms with E-state index in [4.69, 9.17) is 9.47 Å². The van der Waals surface area contributed by atoms with Crippen molar-refractivity contribution in [2.24, 2.45) is 5.92 Å². The first-order chi connectivity index (χ1) is 12.2. The van der Waals surface area contributed by atoms with Crippen molar-refractivity contribution in [3.05, 3.63) is 30.1 Å². The predicted molar refractivity (Wildman–Crippen MR) is 95.0 cm³/mol. The Morgan fingerprint density at radius 2 is 2.36 bits per heavy atom. The van der Waals surface area contributed by atoms with E-state index >= 15 is 0 Å². The molecule has 2 saturated heterocycles. The number of hydrogen-bond acceptors (Lipinski definition) is 5. The standard InChI is InChI=1S/C19H29N3O3/c1-3-24-11-10-22-9-7-15-12-17(25-18(15)14-22)19(23)21(2)13-16-6-4-5-8-20-16/h4-6,8,15,17-18H,3,7,9-14H2,1-2H3/t15-,17+,18-/m1/s1. The zero-order chi connectivity index (χ0) is 17.6. The lowest BCUT2D eigenvalue weighted by atomic mass is 9.91. The van der Waals surface area contributed by atoms with Crippen molar-refractivity contribution in [3.8, 4) is 0 Å². The molecule has 0 aliphatic carbocycles. The molecule has 0 aromatic carbocycles. The minimum absolute atomic E-state index is 0.0703. The number of ether oxygens (including phenoxy) is 2. The van der Waals surface area contributed by atoms with Gasteiger partial charge in [0, 0.05) is 32.9 Å². The summed E-state index contributed by atoms with van der Waals surface area (Å²) < 4.78 is 11.6. The highest BCUT2D eigenvalue weighted by Crippen LogP contribution is 2.33. The number of carbonyl (C=O) groups is 1. The summed E-state index contributed by atoms with van der Waals surface area (Å²) in [6.45, 7) is 6.99. The van der Waals surface area contributed by atoms with Crippen LogP contribution < -0.4 is 0 Å². The van der Waals surface area contributed by atoms with Gasteiger partial charge in [-0.25, -0.2) is 0 Å². The normalized spacial score (nSPS) is 26.4. The number of fused-ring (bicyclic) bond motifs is 1. The van der Waals surface area contributed by atoms with Gasteiger partial charge in [-0.15, -0.1) is 0 Å². The number of amides is 1. The molecule has 0 unspecified atom stereocenters. The Balaban J connectivity index is 1.49. The topological polar surface area (TPSA) is 54.9 Å². The fraction of sp³-hybridized carbons (Fsp3) is 0.684. The molecule has 3 atom stereocenters. The van der Waals surface area contributed by atoms with Gasteiger partial charge in [0.15, 0.2) is 0 Å². The summed E-state index contributed by atoms with van der Waals surface area (Å²) in [5.74, 6) is 0.571. The quantitative estimate of drug-likeness (QED) is 0.701. The Morgan fingerprint density at radius 3 is 3.12 bits per heavy atom. The Morgan fingerprint density at radius 1 is 1.48 bits per heavy atom. The van der Waals surface area contributed by atoms with Crippen LogP contribution in [0.25, 0.3) is 0 Å². The molecule has 0 saturated carbocycles. The number of piperidine rings is 1. The zero-order valence-electron chi connectivity index (χ0n) is 15.3. The van der Waals surface area contributed by atoms with Crippen molar-refractivity contribution in [2.45, 2.75) is 38.5 Å². The van der Waals surface area contributed by atoms with Gasteiger partial charge in [0.25, 0.3) is 5.91 Å². The van der Waals surface area contributed by atoms with E-state index in [0.717, 1.165) is 51.4 Å². The third-order valence-electron chi connectivity index (χ3n) is 5.17. The molecule has 138 valence electrons. The van der Waals surface area contributed by atoms with Gasteiger partial charge < -0.3 is 14.4 Å². The van der Waals surface area contributed by atoms with E-state index in [1.54, 1.807) is 11.1 Å². The number of pyridine rings is 1. The lowest BCUT2D eigenvalue weighted by Gasteiger charge is -2.33. The fourth-order valence-electron chi connectivity index (χ4n) is 3.75. The number of rotatable bonds is 7. The minimum Gasteiger partial charge on any atom is -0.380 e. The Labute approximate surface area is 150 Å². The molecule has 2 aliphatic heterocycles. The summed E-state index contributed by atoms with van der Waals surface area (Å²) in [4.78, 5) is 21.1. The number of nitrogens with zero attached hydrogens (tertiary/aromatic N) is 3. The van der Waals surface area contributed by atoms with Crippen LogP contribution in [0, 0.1) is 5.92 Å². The lowest BCUT2D eigenvalue weighted by Crippen LogP contribution is -2.43. The zero-order valence-corrected chi connectivity index (χ0v) is 15.3. The van der Waals surface area contributed by atoms with Crippen LogP contribution in [0.2, 0.25) is 0 Å². The van der Waals surface area contributed by atoms with E-state index in [1.165, 1.54) is 0 Å². The first-order valence-electron chi connectivity index (χ1n) is 9.27. The second-order valence-corrected chi connectivity index (χ2v) is 6.96. The van der Waals surface area contributed by atoms with Crippen molar-refractivity contribution in [2.75, 3.05) is 39.9 Å². The molecule has 0 radical (unpaired) electrons. The van der Waals surface area contributed by atoms with Crippen LogP contribution in [-0.4, -0.2) is 72.8 Å². The Kier molecular flexibility index (Phi) is 6.39. The number of likely N-dealkylation sites (tertiary alicyclic amines) is 1. The smallest absolute Gasteiger partial charge is 0.251 e. The molecule has 0 bridgehead atoms. The maximum absolute atomic E-state index is 12.7. The van der Waals surface area contributed by atoms with Gasteiger partial charge in [0.05, 0.1) is 24.9 Å². The molecule has 3 rings (SSSR count). The molecule has 1 amide bonds. The summed E-state index contributed by atoms with van der Waals surface area (Å²) in [5, 5.41) is 0. The first kappa shape index (κ1) is 18.3. The van der Waals surface area contributed by atoms with Crippen molar-refractivity contribution in [1.82, 2.24) is 14.8 Å². The number of likely N-dealkylation sites (N-methyl/N-ethyl adjacent to an activating group) is 1. The monoisotopic (exact) mass is 347 g/mol. The van der Waals surface area contributed by atoms with Crippen molar-refractivity contribution in [1.29, 1.82) is 0 Å². The highest BCUT2D eigenvalue weighted by atomic mass is 16.5. The van der Waals surface area contributed by atoms with Crippen LogP contribution in [0.4, 0.5) is 0 Å². The lowest BCUT2D eigenvalue weighted by molar-refractivity contribution is -0.143. The summed E-state index contributed by atoms with van der Waals surface area (Å²) in [5.41, 5.74) is 0.899. The molecule has 2 fully saturated rings. The third kappa shape index (κ3) is 4.77. The van der Waals surface area contributed by atoms with E-state index in [0.29, 0.717) is 12.5 Å². The van der Waals surface area contributed by atoms with Crippen LogP contribution >= 0.6 is 0 Å². The summed E-state index contributed by atoms with van der Waals surface area (Å²) in [6.07, 6.45) is 3.56. The second-order valence-electron chi connectivity index (χ2n) is 6.96. The molecular weight excluding hydrogens is 318 g/mol. The van der Waals surface area contributed by atoms with E-state index in [2.05, 4.69) is 9.88 Å². The molecule has 25 heavy (non-hydrogen) atoms. The van der Waals surface area contributed by atoms with Crippen LogP contribution in [0.1, 0.15) is 25.5 Å². The van der Waals surface area contributed by atoms with E-state index in [1.807, 2.05) is 32.2 Å². The Hall–Kier alpha value is -1.50. The molecule has 1 aromatic heterocycles. The highest BCUT2D eigenvalue weighted by Gasteiger charge is 2.42. The highest BCUT2D eigenvalue weighted by molar-refractivity contribution is 5.81. The van der Waals surface area contributed by atoms with Gasteiger partial charge in [-0.05, 0) is 44.4 Å². The second kappa shape index (κ2) is 8.74. The molecule has 2 aliphatic rings. The average Bonchev–Trinajstić information content (AvgIpc) is 3.05.